The molecule has 1 rings (SSSR count). The summed E-state index contributed by atoms with van der Waals surface area (Å²) in [6, 6.07) is 3.80. The summed E-state index contributed by atoms with van der Waals surface area (Å²) in [4.78, 5) is 15.5. The summed E-state index contributed by atoms with van der Waals surface area (Å²) in [6.07, 6.45) is 1.08. The summed E-state index contributed by atoms with van der Waals surface area (Å²) in [7, 11) is 0. The number of carbonyl (C=O) groups is 1. The van der Waals surface area contributed by atoms with Gasteiger partial charge in [0.2, 0.25) is 0 Å². The summed E-state index contributed by atoms with van der Waals surface area (Å²) < 4.78 is 10.4. The molecule has 94 valence electrons. The Kier molecular flexibility index (Phi) is 5.46. The quantitative estimate of drug-likeness (QED) is 0.712. The minimum absolute atomic E-state index is 0.231. The van der Waals surface area contributed by atoms with Crippen LogP contribution in [0.5, 0.6) is 5.75 Å². The first-order valence-electron chi connectivity index (χ1n) is 5.92. The van der Waals surface area contributed by atoms with Crippen molar-refractivity contribution in [2.45, 2.75) is 33.6 Å². The predicted octanol–water partition coefficient (Wildman–Crippen LogP) is 2.28. The third-order valence-electron chi connectivity index (χ3n) is 2.28. The zero-order valence-corrected chi connectivity index (χ0v) is 10.7. The van der Waals surface area contributed by atoms with Crippen molar-refractivity contribution in [3.05, 3.63) is 23.5 Å². The van der Waals surface area contributed by atoms with E-state index in [9.17, 15) is 4.79 Å². The van der Waals surface area contributed by atoms with E-state index in [1.807, 2.05) is 26.0 Å². The number of aryl methyl sites for hydroxylation is 2. The van der Waals surface area contributed by atoms with Crippen molar-refractivity contribution in [2.75, 3.05) is 13.2 Å². The van der Waals surface area contributed by atoms with Gasteiger partial charge in [-0.25, -0.2) is 0 Å². The summed E-state index contributed by atoms with van der Waals surface area (Å²) in [5, 5.41) is 0. The molecule has 0 N–H and O–H groups in total. The Labute approximate surface area is 102 Å². The number of pyridine rings is 1. The molecule has 0 bridgehead atoms. The molecule has 0 aliphatic rings. The molecule has 0 unspecified atom stereocenters. The molecule has 17 heavy (non-hydrogen) atoms. The molecular formula is C13H19NO3. The maximum Gasteiger partial charge on any atom is 0.309 e. The highest BCUT2D eigenvalue weighted by atomic mass is 16.5. The molecule has 0 amide bonds. The average Bonchev–Trinajstić information content (AvgIpc) is 2.31. The molecule has 0 aliphatic heterocycles. The summed E-state index contributed by atoms with van der Waals surface area (Å²) in [5.74, 6) is 0.521. The van der Waals surface area contributed by atoms with E-state index in [1.165, 1.54) is 0 Å². The van der Waals surface area contributed by atoms with E-state index in [-0.39, 0.29) is 12.4 Å². The number of hydrogen-bond donors (Lipinski definition) is 0. The molecule has 0 spiro atoms. The minimum atomic E-state index is -0.231. The van der Waals surface area contributed by atoms with E-state index in [1.54, 1.807) is 6.92 Å². The van der Waals surface area contributed by atoms with Crippen molar-refractivity contribution in [3.8, 4) is 5.75 Å². The van der Waals surface area contributed by atoms with E-state index in [0.29, 0.717) is 13.2 Å². The number of esters is 1. The van der Waals surface area contributed by atoms with Gasteiger partial charge in [-0.15, -0.1) is 0 Å². The lowest BCUT2D eigenvalue weighted by Crippen LogP contribution is -2.10. The number of hydrogen-bond acceptors (Lipinski definition) is 4. The molecule has 4 heteroatoms. The van der Waals surface area contributed by atoms with Crippen LogP contribution in [0.1, 0.15) is 31.7 Å². The molecule has 0 aromatic carbocycles. The number of carbonyl (C=O) groups excluding carboxylic acids is 1. The fourth-order valence-electron chi connectivity index (χ4n) is 1.46. The van der Waals surface area contributed by atoms with Gasteiger partial charge in [0.1, 0.15) is 5.75 Å². The largest absolute Gasteiger partial charge is 0.491 e. The Morgan fingerprint density at radius 1 is 1.35 bits per heavy atom. The van der Waals surface area contributed by atoms with Gasteiger partial charge < -0.3 is 9.47 Å². The minimum Gasteiger partial charge on any atom is -0.491 e. The first-order chi connectivity index (χ1) is 8.17. The second kappa shape index (κ2) is 6.89. The molecule has 0 atom stereocenters. The van der Waals surface area contributed by atoms with Crippen LogP contribution in [0.3, 0.4) is 0 Å². The number of rotatable bonds is 6. The zero-order valence-electron chi connectivity index (χ0n) is 10.7. The van der Waals surface area contributed by atoms with Crippen LogP contribution in [-0.2, 0) is 16.0 Å². The summed E-state index contributed by atoms with van der Waals surface area (Å²) >= 11 is 0. The lowest BCUT2D eigenvalue weighted by Gasteiger charge is -2.10. The molecule has 0 saturated carbocycles. The monoisotopic (exact) mass is 237 g/mol. The van der Waals surface area contributed by atoms with Crippen molar-refractivity contribution in [2.24, 2.45) is 0 Å². The normalized spacial score (nSPS) is 10.1. The van der Waals surface area contributed by atoms with Crippen LogP contribution in [0, 0.1) is 6.92 Å². The molecule has 1 heterocycles. The van der Waals surface area contributed by atoms with Gasteiger partial charge in [-0.3, -0.25) is 9.78 Å². The van der Waals surface area contributed by atoms with Crippen LogP contribution in [0.2, 0.25) is 0 Å². The molecule has 1 aromatic heterocycles. The third kappa shape index (κ3) is 4.43. The van der Waals surface area contributed by atoms with Crippen LogP contribution in [0.4, 0.5) is 0 Å². The van der Waals surface area contributed by atoms with E-state index < -0.39 is 0 Å². The first-order valence-corrected chi connectivity index (χ1v) is 5.92. The highest BCUT2D eigenvalue weighted by Gasteiger charge is 2.06. The summed E-state index contributed by atoms with van der Waals surface area (Å²) in [6.45, 7) is 6.50. The molecule has 0 saturated heterocycles. The lowest BCUT2D eigenvalue weighted by atomic mass is 10.2. The van der Waals surface area contributed by atoms with Gasteiger partial charge in [-0.05, 0) is 32.4 Å². The summed E-state index contributed by atoms with van der Waals surface area (Å²) in [5.41, 5.74) is 1.90. The van der Waals surface area contributed by atoms with Gasteiger partial charge in [0.15, 0.2) is 0 Å². The fraction of sp³-hybridized carbons (Fsp3) is 0.538. The van der Waals surface area contributed by atoms with Crippen molar-refractivity contribution in [1.82, 2.24) is 4.98 Å². The van der Waals surface area contributed by atoms with Crippen molar-refractivity contribution in [3.63, 3.8) is 0 Å². The third-order valence-corrected chi connectivity index (χ3v) is 2.28. The molecule has 0 radical (unpaired) electrons. The fourth-order valence-corrected chi connectivity index (χ4v) is 1.46. The first kappa shape index (κ1) is 13.5. The lowest BCUT2D eigenvalue weighted by molar-refractivity contribution is -0.143. The van der Waals surface area contributed by atoms with E-state index in [0.717, 1.165) is 23.6 Å². The molecule has 1 aromatic rings. The molecular weight excluding hydrogens is 218 g/mol. The van der Waals surface area contributed by atoms with Crippen LogP contribution in [0.15, 0.2) is 12.1 Å². The average molecular weight is 237 g/mol. The van der Waals surface area contributed by atoms with Crippen LogP contribution < -0.4 is 4.74 Å². The maximum absolute atomic E-state index is 11.1. The molecule has 0 aliphatic carbocycles. The van der Waals surface area contributed by atoms with Crippen molar-refractivity contribution >= 4 is 5.97 Å². The van der Waals surface area contributed by atoms with E-state index >= 15 is 0 Å². The van der Waals surface area contributed by atoms with Gasteiger partial charge >= 0.3 is 5.97 Å². The van der Waals surface area contributed by atoms with Crippen molar-refractivity contribution in [1.29, 1.82) is 0 Å². The number of nitrogens with zero attached hydrogens (tertiary/aromatic N) is 1. The van der Waals surface area contributed by atoms with Gasteiger partial charge in [0, 0.05) is 5.69 Å². The van der Waals surface area contributed by atoms with Gasteiger partial charge in [0.25, 0.3) is 0 Å². The van der Waals surface area contributed by atoms with Crippen LogP contribution >= 0.6 is 0 Å². The van der Waals surface area contributed by atoms with Crippen LogP contribution in [0.25, 0.3) is 0 Å². The highest BCUT2D eigenvalue weighted by molar-refractivity contribution is 5.69. The van der Waals surface area contributed by atoms with Gasteiger partial charge in [-0.1, -0.05) is 6.92 Å². The Balaban J connectivity index is 2.49. The smallest absolute Gasteiger partial charge is 0.309 e. The standard InChI is InChI=1S/C13H19NO3/c1-4-11-12(7-6-10(3)14-11)17-9-8-13(15)16-5-2/h6-7H,4-5,8-9H2,1-3H3. The van der Waals surface area contributed by atoms with E-state index in [2.05, 4.69) is 4.98 Å². The Morgan fingerprint density at radius 3 is 2.76 bits per heavy atom. The Bertz CT molecular complexity index is 377. The topological polar surface area (TPSA) is 48.4 Å². The zero-order chi connectivity index (χ0) is 12.7. The molecule has 4 nitrogen and oxygen atoms in total. The van der Waals surface area contributed by atoms with Crippen molar-refractivity contribution < 1.29 is 14.3 Å². The maximum atomic E-state index is 11.1. The Morgan fingerprint density at radius 2 is 2.12 bits per heavy atom. The highest BCUT2D eigenvalue weighted by Crippen LogP contribution is 2.17. The SMILES string of the molecule is CCOC(=O)CCOc1ccc(C)nc1CC. The predicted molar refractivity (Wildman–Crippen MR) is 65.1 cm³/mol. The van der Waals surface area contributed by atoms with E-state index in [4.69, 9.17) is 9.47 Å². The second-order valence-corrected chi connectivity index (χ2v) is 3.65. The van der Waals surface area contributed by atoms with Gasteiger partial charge in [-0.2, -0.15) is 0 Å². The second-order valence-electron chi connectivity index (χ2n) is 3.65. The van der Waals surface area contributed by atoms with Crippen LogP contribution in [-0.4, -0.2) is 24.2 Å². The number of ether oxygens (including phenoxy) is 2. The molecule has 0 fully saturated rings. The number of aromatic nitrogens is 1. The van der Waals surface area contributed by atoms with Gasteiger partial charge in [0.05, 0.1) is 25.3 Å². The Hall–Kier alpha value is -1.58.